The van der Waals surface area contributed by atoms with Crippen LogP contribution in [0.3, 0.4) is 0 Å². The van der Waals surface area contributed by atoms with E-state index in [1.165, 1.54) is 6.07 Å². The number of guanidine groups is 1. The first-order valence-electron chi connectivity index (χ1n) is 9.51. The Hall–Kier alpha value is -1.46. The van der Waals surface area contributed by atoms with E-state index < -0.39 is 0 Å². The molecule has 0 atom stereocenters. The van der Waals surface area contributed by atoms with Crippen LogP contribution in [0.25, 0.3) is 0 Å². The first kappa shape index (κ1) is 24.6. The van der Waals surface area contributed by atoms with Crippen molar-refractivity contribution in [2.45, 2.75) is 38.8 Å². The highest BCUT2D eigenvalue weighted by Crippen LogP contribution is 2.16. The molecule has 2 rings (SSSR count). The molecule has 8 nitrogen and oxygen atoms in total. The third-order valence-electron chi connectivity index (χ3n) is 4.46. The van der Waals surface area contributed by atoms with Crippen LogP contribution in [0.2, 0.25) is 0 Å². The number of nitro benzene ring substituents is 1. The number of piperidine rings is 1. The summed E-state index contributed by atoms with van der Waals surface area (Å²) in [5, 5.41) is 14.2. The largest absolute Gasteiger partial charge is 0.385 e. The van der Waals surface area contributed by atoms with E-state index in [1.54, 1.807) is 19.2 Å². The molecule has 0 unspecified atom stereocenters. The number of nitro groups is 1. The molecule has 9 heteroatoms. The number of methoxy groups -OCH3 is 1. The first-order chi connectivity index (χ1) is 13.1. The lowest BCUT2D eigenvalue weighted by atomic mass is 10.1. The quantitative estimate of drug-likeness (QED) is 0.138. The number of hydrogen-bond donors (Lipinski definition) is 1. The Balaban J connectivity index is 0.00000392. The summed E-state index contributed by atoms with van der Waals surface area (Å²) in [4.78, 5) is 17.4. The van der Waals surface area contributed by atoms with Gasteiger partial charge in [0.1, 0.15) is 0 Å². The van der Waals surface area contributed by atoms with Crippen molar-refractivity contribution in [2.75, 3.05) is 40.0 Å². The van der Waals surface area contributed by atoms with Crippen molar-refractivity contribution < 1.29 is 14.4 Å². The standard InChI is InChI=1S/C19H30N4O4.HI/c1-3-20-19(21-15-16-6-4-7-17(14-16)23(24)25)22-10-8-18(9-11-22)27-13-5-12-26-2;/h4,6-7,14,18H,3,5,8-13,15H2,1-2H3,(H,20,21);1H. The predicted octanol–water partition coefficient (Wildman–Crippen LogP) is 3.20. The molecule has 28 heavy (non-hydrogen) atoms. The molecule has 0 saturated carbocycles. The van der Waals surface area contributed by atoms with Gasteiger partial charge in [-0.05, 0) is 31.7 Å². The normalized spacial score (nSPS) is 15.2. The number of aliphatic imine (C=N–C) groups is 1. The lowest BCUT2D eigenvalue weighted by Gasteiger charge is -2.34. The number of non-ortho nitro benzene ring substituents is 1. The van der Waals surface area contributed by atoms with E-state index in [0.29, 0.717) is 6.54 Å². The molecule has 1 aliphatic heterocycles. The van der Waals surface area contributed by atoms with Crippen LogP contribution in [0.1, 0.15) is 31.7 Å². The number of ether oxygens (including phenoxy) is 2. The molecule has 0 aromatic heterocycles. The zero-order valence-corrected chi connectivity index (χ0v) is 19.0. The maximum atomic E-state index is 10.9. The van der Waals surface area contributed by atoms with E-state index in [2.05, 4.69) is 15.2 Å². The van der Waals surface area contributed by atoms with Crippen LogP contribution < -0.4 is 5.32 Å². The molecule has 1 N–H and O–H groups in total. The van der Waals surface area contributed by atoms with Crippen molar-refractivity contribution in [3.63, 3.8) is 0 Å². The molecule has 0 radical (unpaired) electrons. The minimum absolute atomic E-state index is 0. The van der Waals surface area contributed by atoms with E-state index in [9.17, 15) is 10.1 Å². The Morgan fingerprint density at radius 1 is 1.36 bits per heavy atom. The molecular formula is C19H31IN4O4. The molecule has 0 aliphatic carbocycles. The van der Waals surface area contributed by atoms with Crippen LogP contribution in [-0.2, 0) is 16.0 Å². The van der Waals surface area contributed by atoms with Gasteiger partial charge in [-0.25, -0.2) is 4.99 Å². The van der Waals surface area contributed by atoms with Crippen LogP contribution in [0, 0.1) is 10.1 Å². The number of halogens is 1. The maximum absolute atomic E-state index is 10.9. The van der Waals surface area contributed by atoms with Crippen LogP contribution >= 0.6 is 24.0 Å². The predicted molar refractivity (Wildman–Crippen MR) is 120 cm³/mol. The van der Waals surface area contributed by atoms with Gasteiger partial charge >= 0.3 is 0 Å². The molecule has 1 saturated heterocycles. The summed E-state index contributed by atoms with van der Waals surface area (Å²) in [5.41, 5.74) is 0.926. The van der Waals surface area contributed by atoms with Crippen molar-refractivity contribution in [3.05, 3.63) is 39.9 Å². The summed E-state index contributed by atoms with van der Waals surface area (Å²) >= 11 is 0. The van der Waals surface area contributed by atoms with Crippen molar-refractivity contribution in [1.82, 2.24) is 10.2 Å². The molecule has 1 fully saturated rings. The van der Waals surface area contributed by atoms with Gasteiger partial charge in [0.05, 0.1) is 17.6 Å². The number of likely N-dealkylation sites (tertiary alicyclic amines) is 1. The van der Waals surface area contributed by atoms with Crippen LogP contribution in [-0.4, -0.2) is 61.8 Å². The number of nitrogens with one attached hydrogen (secondary N) is 1. The summed E-state index contributed by atoms with van der Waals surface area (Å²) in [5.74, 6) is 0.849. The number of nitrogens with zero attached hydrogens (tertiary/aromatic N) is 3. The summed E-state index contributed by atoms with van der Waals surface area (Å²) in [6, 6.07) is 6.63. The Bertz CT molecular complexity index is 622. The van der Waals surface area contributed by atoms with Gasteiger partial charge in [-0.15, -0.1) is 24.0 Å². The van der Waals surface area contributed by atoms with Crippen LogP contribution in [0.15, 0.2) is 29.3 Å². The first-order valence-corrected chi connectivity index (χ1v) is 9.51. The smallest absolute Gasteiger partial charge is 0.269 e. The van der Waals surface area contributed by atoms with Crippen molar-refractivity contribution in [2.24, 2.45) is 4.99 Å². The molecule has 0 bridgehead atoms. The molecular weight excluding hydrogens is 475 g/mol. The lowest BCUT2D eigenvalue weighted by molar-refractivity contribution is -0.384. The van der Waals surface area contributed by atoms with Gasteiger partial charge in [0.2, 0.25) is 0 Å². The zero-order valence-electron chi connectivity index (χ0n) is 16.6. The highest BCUT2D eigenvalue weighted by molar-refractivity contribution is 14.0. The van der Waals surface area contributed by atoms with Crippen molar-refractivity contribution >= 4 is 35.6 Å². The number of rotatable bonds is 9. The second kappa shape index (κ2) is 13.7. The molecule has 1 heterocycles. The highest BCUT2D eigenvalue weighted by Gasteiger charge is 2.21. The Kier molecular flexibility index (Phi) is 12.0. The third kappa shape index (κ3) is 8.27. The summed E-state index contributed by atoms with van der Waals surface area (Å²) in [6.45, 7) is 6.46. The highest BCUT2D eigenvalue weighted by atomic mass is 127. The summed E-state index contributed by atoms with van der Waals surface area (Å²) < 4.78 is 10.9. The molecule has 0 amide bonds. The summed E-state index contributed by atoms with van der Waals surface area (Å²) in [7, 11) is 1.70. The molecule has 1 aromatic rings. The molecule has 0 spiro atoms. The molecule has 1 aliphatic rings. The van der Waals surface area contributed by atoms with Gasteiger partial charge < -0.3 is 19.7 Å². The topological polar surface area (TPSA) is 89.2 Å². The molecule has 1 aromatic carbocycles. The Morgan fingerprint density at radius 3 is 2.75 bits per heavy atom. The van der Waals surface area contributed by atoms with Gasteiger partial charge in [-0.1, -0.05) is 12.1 Å². The van der Waals surface area contributed by atoms with Gasteiger partial charge in [0, 0.05) is 52.1 Å². The van der Waals surface area contributed by atoms with Gasteiger partial charge in [-0.2, -0.15) is 0 Å². The van der Waals surface area contributed by atoms with E-state index >= 15 is 0 Å². The zero-order chi connectivity index (χ0) is 19.5. The fourth-order valence-corrected chi connectivity index (χ4v) is 3.05. The Labute approximate surface area is 183 Å². The van der Waals surface area contributed by atoms with Crippen LogP contribution in [0.5, 0.6) is 0 Å². The van der Waals surface area contributed by atoms with E-state index in [4.69, 9.17) is 9.47 Å². The second-order valence-electron chi connectivity index (χ2n) is 6.50. The van der Waals surface area contributed by atoms with Crippen molar-refractivity contribution in [3.8, 4) is 0 Å². The minimum atomic E-state index is -0.379. The van der Waals surface area contributed by atoms with Gasteiger partial charge in [0.25, 0.3) is 5.69 Å². The third-order valence-corrected chi connectivity index (χ3v) is 4.46. The lowest BCUT2D eigenvalue weighted by Crippen LogP contribution is -2.47. The van der Waals surface area contributed by atoms with Gasteiger partial charge in [0.15, 0.2) is 5.96 Å². The number of benzene rings is 1. The summed E-state index contributed by atoms with van der Waals surface area (Å²) in [6.07, 6.45) is 3.14. The average Bonchev–Trinajstić information content (AvgIpc) is 2.69. The fraction of sp³-hybridized carbons (Fsp3) is 0.632. The molecule has 158 valence electrons. The van der Waals surface area contributed by atoms with Gasteiger partial charge in [-0.3, -0.25) is 10.1 Å². The average molecular weight is 506 g/mol. The minimum Gasteiger partial charge on any atom is -0.385 e. The van der Waals surface area contributed by atoms with E-state index in [0.717, 1.165) is 63.6 Å². The second-order valence-corrected chi connectivity index (χ2v) is 6.50. The SMILES string of the molecule is CCNC(=NCc1cccc([N+](=O)[O-])c1)N1CCC(OCCCOC)CC1.I. The van der Waals surface area contributed by atoms with Crippen LogP contribution in [0.4, 0.5) is 5.69 Å². The number of hydrogen-bond acceptors (Lipinski definition) is 5. The Morgan fingerprint density at radius 2 is 2.11 bits per heavy atom. The fourth-order valence-electron chi connectivity index (χ4n) is 3.05. The monoisotopic (exact) mass is 506 g/mol. The van der Waals surface area contributed by atoms with E-state index in [-0.39, 0.29) is 40.7 Å². The van der Waals surface area contributed by atoms with Crippen molar-refractivity contribution in [1.29, 1.82) is 0 Å². The maximum Gasteiger partial charge on any atom is 0.269 e. The van der Waals surface area contributed by atoms with E-state index in [1.807, 2.05) is 13.0 Å².